The van der Waals surface area contributed by atoms with Crippen LogP contribution >= 0.6 is 0 Å². The monoisotopic (exact) mass is 458 g/mol. The lowest BCUT2D eigenvalue weighted by molar-refractivity contribution is 0.00422. The van der Waals surface area contributed by atoms with E-state index in [0.717, 1.165) is 0 Å². The van der Waals surface area contributed by atoms with Crippen molar-refractivity contribution in [1.82, 2.24) is 0 Å². The Balaban J connectivity index is 2.24. The zero-order valence-electron chi connectivity index (χ0n) is 18.9. The molecular formula is C22H34O10. The summed E-state index contributed by atoms with van der Waals surface area (Å²) in [6, 6.07) is 6.32. The number of carbonyl (C=O) groups is 2. The maximum absolute atomic E-state index is 12.3. The minimum absolute atomic E-state index is 0.0561. The van der Waals surface area contributed by atoms with Gasteiger partial charge in [-0.05, 0) is 12.1 Å². The van der Waals surface area contributed by atoms with Crippen molar-refractivity contribution in [1.29, 1.82) is 0 Å². The van der Waals surface area contributed by atoms with Gasteiger partial charge < -0.3 is 37.9 Å². The van der Waals surface area contributed by atoms with Crippen molar-refractivity contribution >= 4 is 11.9 Å². The molecule has 0 aliphatic carbocycles. The van der Waals surface area contributed by atoms with Crippen LogP contribution in [0.25, 0.3) is 0 Å². The Morgan fingerprint density at radius 2 is 0.844 bits per heavy atom. The highest BCUT2D eigenvalue weighted by molar-refractivity contribution is 6.03. The van der Waals surface area contributed by atoms with Crippen LogP contribution in [0.5, 0.6) is 0 Å². The normalized spacial score (nSPS) is 10.8. The Labute approximate surface area is 189 Å². The molecule has 1 aromatic rings. The minimum atomic E-state index is -0.623. The highest BCUT2D eigenvalue weighted by Gasteiger charge is 2.18. The third kappa shape index (κ3) is 13.4. The van der Waals surface area contributed by atoms with Gasteiger partial charge in [0.2, 0.25) is 0 Å². The molecule has 0 heterocycles. The summed E-state index contributed by atoms with van der Waals surface area (Å²) in [5.41, 5.74) is 0.265. The topological polar surface area (TPSA) is 108 Å². The standard InChI is InChI=1S/C22H34O10/c1-25-7-9-27-11-13-29-15-17-31-21(23)19-5-3-4-6-20(19)22(24)32-18-16-30-14-12-28-10-8-26-2/h3-6H,7-18H2,1-2H3. The van der Waals surface area contributed by atoms with Crippen LogP contribution in [0, 0.1) is 0 Å². The maximum Gasteiger partial charge on any atom is 0.339 e. The van der Waals surface area contributed by atoms with Gasteiger partial charge in [0.15, 0.2) is 0 Å². The number of hydrogen-bond acceptors (Lipinski definition) is 10. The SMILES string of the molecule is COCCOCCOCCOC(=O)c1ccccc1C(=O)OCCOCCOCCOC. The van der Waals surface area contributed by atoms with Gasteiger partial charge in [-0.15, -0.1) is 0 Å². The number of hydrogen-bond donors (Lipinski definition) is 0. The zero-order valence-corrected chi connectivity index (χ0v) is 18.9. The van der Waals surface area contributed by atoms with Crippen LogP contribution in [0.3, 0.4) is 0 Å². The largest absolute Gasteiger partial charge is 0.460 e. The predicted molar refractivity (Wildman–Crippen MR) is 114 cm³/mol. The fraction of sp³-hybridized carbons (Fsp3) is 0.636. The molecule has 0 bridgehead atoms. The molecule has 1 rings (SSSR count). The molecule has 182 valence electrons. The van der Waals surface area contributed by atoms with Crippen LogP contribution in [-0.4, -0.2) is 105 Å². The third-order valence-corrected chi connectivity index (χ3v) is 3.90. The molecule has 0 aliphatic heterocycles. The van der Waals surface area contributed by atoms with Crippen LogP contribution in [0.2, 0.25) is 0 Å². The Kier molecular flexibility index (Phi) is 17.1. The first-order chi connectivity index (χ1) is 15.7. The molecule has 0 saturated carbocycles. The quantitative estimate of drug-likeness (QED) is 0.210. The highest BCUT2D eigenvalue weighted by atomic mass is 16.6. The van der Waals surface area contributed by atoms with Crippen molar-refractivity contribution in [2.45, 2.75) is 0 Å². The van der Waals surface area contributed by atoms with Gasteiger partial charge in [0.1, 0.15) is 13.2 Å². The highest BCUT2D eigenvalue weighted by Crippen LogP contribution is 2.12. The molecule has 10 nitrogen and oxygen atoms in total. The summed E-state index contributed by atoms with van der Waals surface area (Å²) in [5.74, 6) is -1.25. The second kappa shape index (κ2) is 19.6. The lowest BCUT2D eigenvalue weighted by atomic mass is 10.1. The summed E-state index contributed by atoms with van der Waals surface area (Å²) in [6.45, 7) is 4.21. The van der Waals surface area contributed by atoms with Crippen molar-refractivity contribution in [2.75, 3.05) is 93.5 Å². The van der Waals surface area contributed by atoms with Crippen molar-refractivity contribution < 1.29 is 47.5 Å². The summed E-state index contributed by atoms with van der Waals surface area (Å²) < 4.78 is 41.3. The van der Waals surface area contributed by atoms with E-state index in [9.17, 15) is 9.59 Å². The second-order valence-electron chi connectivity index (χ2n) is 6.25. The molecule has 0 N–H and O–H groups in total. The number of ether oxygens (including phenoxy) is 8. The smallest absolute Gasteiger partial charge is 0.339 e. The van der Waals surface area contributed by atoms with Crippen LogP contribution in [0.1, 0.15) is 20.7 Å². The fourth-order valence-corrected chi connectivity index (χ4v) is 2.31. The van der Waals surface area contributed by atoms with Gasteiger partial charge in [0.25, 0.3) is 0 Å². The molecular weight excluding hydrogens is 424 g/mol. The summed E-state index contributed by atoms with van der Waals surface area (Å²) in [6.07, 6.45) is 0. The van der Waals surface area contributed by atoms with Crippen molar-refractivity contribution in [3.63, 3.8) is 0 Å². The average molecular weight is 459 g/mol. The molecule has 0 fully saturated rings. The van der Waals surface area contributed by atoms with E-state index in [0.29, 0.717) is 52.9 Å². The minimum Gasteiger partial charge on any atom is -0.460 e. The van der Waals surface area contributed by atoms with E-state index < -0.39 is 11.9 Å². The van der Waals surface area contributed by atoms with Gasteiger partial charge >= 0.3 is 11.9 Å². The molecule has 0 saturated heterocycles. The summed E-state index contributed by atoms with van der Waals surface area (Å²) in [4.78, 5) is 24.7. The number of rotatable bonds is 20. The molecule has 0 atom stereocenters. The van der Waals surface area contributed by atoms with Crippen LogP contribution in [-0.2, 0) is 37.9 Å². The van der Waals surface area contributed by atoms with E-state index in [1.165, 1.54) is 12.1 Å². The van der Waals surface area contributed by atoms with E-state index >= 15 is 0 Å². The van der Waals surface area contributed by atoms with Gasteiger partial charge in [-0.1, -0.05) is 12.1 Å². The Morgan fingerprint density at radius 1 is 0.531 bits per heavy atom. The second-order valence-corrected chi connectivity index (χ2v) is 6.25. The van der Waals surface area contributed by atoms with Crippen molar-refractivity contribution in [3.8, 4) is 0 Å². The van der Waals surface area contributed by atoms with Crippen molar-refractivity contribution in [2.24, 2.45) is 0 Å². The van der Waals surface area contributed by atoms with Crippen LogP contribution in [0.4, 0.5) is 0 Å². The number of benzene rings is 1. The number of methoxy groups -OCH3 is 2. The molecule has 0 aliphatic rings. The van der Waals surface area contributed by atoms with E-state index in [1.54, 1.807) is 26.4 Å². The number of carbonyl (C=O) groups excluding carboxylic acids is 2. The summed E-state index contributed by atoms with van der Waals surface area (Å²) in [7, 11) is 3.20. The molecule has 0 spiro atoms. The Hall–Kier alpha value is -2.08. The van der Waals surface area contributed by atoms with Crippen LogP contribution in [0.15, 0.2) is 24.3 Å². The lowest BCUT2D eigenvalue weighted by Gasteiger charge is -2.10. The van der Waals surface area contributed by atoms with Crippen LogP contribution < -0.4 is 0 Å². The fourth-order valence-electron chi connectivity index (χ4n) is 2.31. The number of esters is 2. The molecule has 0 unspecified atom stereocenters. The average Bonchev–Trinajstić information content (AvgIpc) is 2.81. The zero-order chi connectivity index (χ0) is 23.3. The molecule has 1 aromatic carbocycles. The van der Waals surface area contributed by atoms with E-state index in [2.05, 4.69) is 0 Å². The predicted octanol–water partition coefficient (Wildman–Crippen LogP) is 1.36. The van der Waals surface area contributed by atoms with Crippen molar-refractivity contribution in [3.05, 3.63) is 35.4 Å². The Bertz CT molecular complexity index is 569. The first-order valence-corrected chi connectivity index (χ1v) is 10.4. The van der Waals surface area contributed by atoms with Gasteiger partial charge in [-0.2, -0.15) is 0 Å². The van der Waals surface area contributed by atoms with Gasteiger partial charge in [-0.25, -0.2) is 9.59 Å². The van der Waals surface area contributed by atoms with E-state index in [-0.39, 0.29) is 37.6 Å². The molecule has 0 amide bonds. The van der Waals surface area contributed by atoms with Gasteiger partial charge in [0.05, 0.1) is 77.2 Å². The van der Waals surface area contributed by atoms with Gasteiger partial charge in [-0.3, -0.25) is 0 Å². The molecule has 10 heteroatoms. The van der Waals surface area contributed by atoms with E-state index in [4.69, 9.17) is 37.9 Å². The van der Waals surface area contributed by atoms with E-state index in [1.807, 2.05) is 0 Å². The molecule has 0 aromatic heterocycles. The summed E-state index contributed by atoms with van der Waals surface area (Å²) >= 11 is 0. The Morgan fingerprint density at radius 3 is 1.19 bits per heavy atom. The maximum atomic E-state index is 12.3. The molecule has 32 heavy (non-hydrogen) atoms. The van der Waals surface area contributed by atoms with Gasteiger partial charge in [0, 0.05) is 14.2 Å². The molecule has 0 radical (unpaired) electrons. The lowest BCUT2D eigenvalue weighted by Crippen LogP contribution is -2.18. The third-order valence-electron chi connectivity index (χ3n) is 3.90. The first-order valence-electron chi connectivity index (χ1n) is 10.4. The summed E-state index contributed by atoms with van der Waals surface area (Å²) in [5, 5.41) is 0. The first kappa shape index (κ1) is 28.0.